The van der Waals surface area contributed by atoms with Gasteiger partial charge in [-0.25, -0.2) is 4.98 Å². The maximum Gasteiger partial charge on any atom is 0.230 e. The monoisotopic (exact) mass is 436 g/mol. The summed E-state index contributed by atoms with van der Waals surface area (Å²) in [6.45, 7) is 1.82. The van der Waals surface area contributed by atoms with Gasteiger partial charge in [0, 0.05) is 17.3 Å². The third kappa shape index (κ3) is 4.39. The first-order chi connectivity index (χ1) is 12.0. The number of nitrogens with zero attached hydrogens (tertiary/aromatic N) is 2. The molecule has 0 aliphatic carbocycles. The molecule has 0 saturated carbocycles. The molecule has 0 aliphatic rings. The van der Waals surface area contributed by atoms with E-state index in [0.717, 1.165) is 15.9 Å². The van der Waals surface area contributed by atoms with Gasteiger partial charge in [-0.05, 0) is 46.3 Å². The van der Waals surface area contributed by atoms with Crippen molar-refractivity contribution in [1.82, 2.24) is 4.98 Å². The molecule has 0 atom stereocenters. The predicted octanol–water partition coefficient (Wildman–Crippen LogP) is 5.82. The first-order valence-electron chi connectivity index (χ1n) is 7.42. The number of benzene rings is 2. The van der Waals surface area contributed by atoms with Crippen molar-refractivity contribution in [3.63, 3.8) is 0 Å². The standard InChI is InChI=1S/C18H14BrClN2O2S/c1-12(23)22(15-6-4-5-13(20)9-15)18-21-14(11-25-18)10-24-17-8-3-2-7-16(17)19/h2-9,11H,10H2,1H3. The van der Waals surface area contributed by atoms with Crippen LogP contribution in [0.1, 0.15) is 12.6 Å². The van der Waals surface area contributed by atoms with Crippen LogP contribution in [0.3, 0.4) is 0 Å². The fourth-order valence-corrected chi connectivity index (χ4v) is 3.68. The molecule has 0 N–H and O–H groups in total. The average molecular weight is 438 g/mol. The summed E-state index contributed by atoms with van der Waals surface area (Å²) in [6.07, 6.45) is 0. The summed E-state index contributed by atoms with van der Waals surface area (Å²) in [5.41, 5.74) is 1.44. The Balaban J connectivity index is 1.79. The molecule has 2 aromatic carbocycles. The van der Waals surface area contributed by atoms with Crippen molar-refractivity contribution in [2.75, 3.05) is 4.90 Å². The predicted molar refractivity (Wildman–Crippen MR) is 105 cm³/mol. The summed E-state index contributed by atoms with van der Waals surface area (Å²) in [5.74, 6) is 0.616. The number of carbonyl (C=O) groups is 1. The zero-order valence-electron chi connectivity index (χ0n) is 13.3. The van der Waals surface area contributed by atoms with Gasteiger partial charge in [0.25, 0.3) is 0 Å². The van der Waals surface area contributed by atoms with Gasteiger partial charge >= 0.3 is 0 Å². The lowest BCUT2D eigenvalue weighted by atomic mass is 10.3. The lowest BCUT2D eigenvalue weighted by molar-refractivity contribution is -0.115. The Kier molecular flexibility index (Phi) is 5.73. The van der Waals surface area contributed by atoms with Gasteiger partial charge in [0.15, 0.2) is 5.13 Å². The van der Waals surface area contributed by atoms with Crippen LogP contribution in [0.15, 0.2) is 58.4 Å². The summed E-state index contributed by atoms with van der Waals surface area (Å²) in [5, 5.41) is 3.03. The molecular formula is C18H14BrClN2O2S. The minimum atomic E-state index is -0.130. The molecule has 0 saturated heterocycles. The van der Waals surface area contributed by atoms with Gasteiger partial charge in [-0.15, -0.1) is 11.3 Å². The maximum atomic E-state index is 12.1. The molecular weight excluding hydrogens is 424 g/mol. The summed E-state index contributed by atoms with van der Waals surface area (Å²) < 4.78 is 6.66. The van der Waals surface area contributed by atoms with Crippen LogP contribution in [-0.2, 0) is 11.4 Å². The van der Waals surface area contributed by atoms with Crippen LogP contribution in [0.25, 0.3) is 0 Å². The zero-order valence-corrected chi connectivity index (χ0v) is 16.4. The summed E-state index contributed by atoms with van der Waals surface area (Å²) >= 11 is 10.9. The summed E-state index contributed by atoms with van der Waals surface area (Å²) in [6, 6.07) is 14.8. The third-order valence-corrected chi connectivity index (χ3v) is 5.09. The third-order valence-electron chi connectivity index (χ3n) is 3.32. The van der Waals surface area contributed by atoms with E-state index in [1.54, 1.807) is 23.1 Å². The zero-order chi connectivity index (χ0) is 17.8. The molecule has 1 heterocycles. The molecule has 3 rings (SSSR count). The fraction of sp³-hybridized carbons (Fsp3) is 0.111. The van der Waals surface area contributed by atoms with Crippen molar-refractivity contribution in [3.05, 3.63) is 69.1 Å². The number of para-hydroxylation sites is 1. The van der Waals surface area contributed by atoms with Crippen molar-refractivity contribution in [2.24, 2.45) is 0 Å². The molecule has 25 heavy (non-hydrogen) atoms. The Hall–Kier alpha value is -1.89. The second-order valence-electron chi connectivity index (χ2n) is 5.17. The second-order valence-corrected chi connectivity index (χ2v) is 7.30. The Morgan fingerprint density at radius 2 is 2.08 bits per heavy atom. The van der Waals surface area contributed by atoms with Crippen molar-refractivity contribution in [2.45, 2.75) is 13.5 Å². The molecule has 0 radical (unpaired) electrons. The molecule has 0 aliphatic heterocycles. The van der Waals surface area contributed by atoms with Crippen molar-refractivity contribution in [1.29, 1.82) is 0 Å². The van der Waals surface area contributed by atoms with Gasteiger partial charge in [-0.2, -0.15) is 0 Å². The molecule has 1 amide bonds. The Morgan fingerprint density at radius 3 is 2.80 bits per heavy atom. The van der Waals surface area contributed by atoms with E-state index in [1.165, 1.54) is 18.3 Å². The topological polar surface area (TPSA) is 42.4 Å². The van der Waals surface area contributed by atoms with Crippen LogP contribution in [0.5, 0.6) is 5.75 Å². The fourth-order valence-electron chi connectivity index (χ4n) is 2.22. The summed E-state index contributed by atoms with van der Waals surface area (Å²) in [7, 11) is 0. The average Bonchev–Trinajstić information content (AvgIpc) is 3.02. The van der Waals surface area contributed by atoms with Gasteiger partial charge in [-0.1, -0.05) is 29.8 Å². The molecule has 128 valence electrons. The van der Waals surface area contributed by atoms with Gasteiger partial charge in [0.05, 0.1) is 15.9 Å². The first-order valence-corrected chi connectivity index (χ1v) is 9.47. The van der Waals surface area contributed by atoms with E-state index < -0.39 is 0 Å². The van der Waals surface area contributed by atoms with Crippen LogP contribution in [0.4, 0.5) is 10.8 Å². The van der Waals surface area contributed by atoms with Crippen LogP contribution in [-0.4, -0.2) is 10.9 Å². The van der Waals surface area contributed by atoms with E-state index in [0.29, 0.717) is 22.4 Å². The van der Waals surface area contributed by atoms with Crippen molar-refractivity contribution >= 4 is 55.6 Å². The summed E-state index contributed by atoms with van der Waals surface area (Å²) in [4.78, 5) is 18.2. The normalized spacial score (nSPS) is 10.5. The Bertz CT molecular complexity index is 900. The number of amides is 1. The number of aromatic nitrogens is 1. The van der Waals surface area contributed by atoms with Crippen LogP contribution >= 0.6 is 38.9 Å². The first kappa shape index (κ1) is 17.9. The molecule has 7 heteroatoms. The number of anilines is 2. The quantitative estimate of drug-likeness (QED) is 0.505. The van der Waals surface area contributed by atoms with E-state index in [-0.39, 0.29) is 5.91 Å². The highest BCUT2D eigenvalue weighted by molar-refractivity contribution is 9.10. The number of thiazole rings is 1. The molecule has 3 aromatic rings. The number of halogens is 2. The van der Waals surface area contributed by atoms with E-state index in [4.69, 9.17) is 16.3 Å². The van der Waals surface area contributed by atoms with Crippen LogP contribution in [0.2, 0.25) is 5.02 Å². The van der Waals surface area contributed by atoms with E-state index >= 15 is 0 Å². The van der Waals surface area contributed by atoms with Gasteiger partial charge in [0.2, 0.25) is 5.91 Å². The number of carbonyl (C=O) groups excluding carboxylic acids is 1. The smallest absolute Gasteiger partial charge is 0.230 e. The minimum Gasteiger partial charge on any atom is -0.486 e. The highest BCUT2D eigenvalue weighted by Crippen LogP contribution is 2.31. The van der Waals surface area contributed by atoms with Gasteiger partial charge in [0.1, 0.15) is 12.4 Å². The Morgan fingerprint density at radius 1 is 1.28 bits per heavy atom. The largest absolute Gasteiger partial charge is 0.486 e. The number of hydrogen-bond acceptors (Lipinski definition) is 4. The van der Waals surface area contributed by atoms with Crippen LogP contribution < -0.4 is 9.64 Å². The second kappa shape index (κ2) is 7.99. The highest BCUT2D eigenvalue weighted by atomic mass is 79.9. The van der Waals surface area contributed by atoms with E-state index in [1.807, 2.05) is 35.7 Å². The van der Waals surface area contributed by atoms with E-state index in [2.05, 4.69) is 20.9 Å². The lowest BCUT2D eigenvalue weighted by Crippen LogP contribution is -2.22. The molecule has 0 fully saturated rings. The molecule has 4 nitrogen and oxygen atoms in total. The molecule has 0 unspecified atom stereocenters. The number of ether oxygens (including phenoxy) is 1. The van der Waals surface area contributed by atoms with Crippen molar-refractivity contribution < 1.29 is 9.53 Å². The minimum absolute atomic E-state index is 0.130. The maximum absolute atomic E-state index is 12.1. The molecule has 1 aromatic heterocycles. The highest BCUT2D eigenvalue weighted by Gasteiger charge is 2.18. The van der Waals surface area contributed by atoms with E-state index in [9.17, 15) is 4.79 Å². The number of rotatable bonds is 5. The SMILES string of the molecule is CC(=O)N(c1cccc(Cl)c1)c1nc(COc2ccccc2Br)cs1. The lowest BCUT2D eigenvalue weighted by Gasteiger charge is -2.18. The number of hydrogen-bond donors (Lipinski definition) is 0. The molecule has 0 spiro atoms. The van der Waals surface area contributed by atoms with Crippen molar-refractivity contribution in [3.8, 4) is 5.75 Å². The molecule has 0 bridgehead atoms. The Labute approximate surface area is 163 Å². The van der Waals surface area contributed by atoms with Gasteiger partial charge < -0.3 is 4.74 Å². The van der Waals surface area contributed by atoms with Crippen LogP contribution in [0, 0.1) is 0 Å². The van der Waals surface area contributed by atoms with Gasteiger partial charge in [-0.3, -0.25) is 9.69 Å².